The zero-order valence-electron chi connectivity index (χ0n) is 23.5. The van der Waals surface area contributed by atoms with Crippen LogP contribution in [0.1, 0.15) is 44.1 Å². The highest BCUT2D eigenvalue weighted by atomic mass is 32.2. The summed E-state index contributed by atoms with van der Waals surface area (Å²) in [5.74, 6) is 0.710. The van der Waals surface area contributed by atoms with Crippen molar-refractivity contribution in [1.29, 1.82) is 0 Å². The molecular weight excluding hydrogens is 544 g/mol. The van der Waals surface area contributed by atoms with Gasteiger partial charge in [-0.25, -0.2) is 4.98 Å². The van der Waals surface area contributed by atoms with Gasteiger partial charge in [0.1, 0.15) is 12.2 Å². The summed E-state index contributed by atoms with van der Waals surface area (Å²) in [4.78, 5) is 19.5. The summed E-state index contributed by atoms with van der Waals surface area (Å²) < 4.78 is 34.5. The second-order valence-corrected chi connectivity index (χ2v) is 12.0. The molecule has 0 spiro atoms. The number of ether oxygens (including phenoxy) is 1. The summed E-state index contributed by atoms with van der Waals surface area (Å²) in [5, 5.41) is 17.3. The van der Waals surface area contributed by atoms with E-state index < -0.39 is 16.4 Å². The predicted molar refractivity (Wildman–Crippen MR) is 158 cm³/mol. The molecule has 12 heteroatoms. The molecule has 1 saturated heterocycles. The van der Waals surface area contributed by atoms with Crippen molar-refractivity contribution in [2.75, 3.05) is 20.2 Å². The fraction of sp³-hybridized carbons (Fsp3) is 0.345. The first-order valence-electron chi connectivity index (χ1n) is 13.3. The Morgan fingerprint density at radius 1 is 1.27 bits per heavy atom. The molecule has 2 aliphatic rings. The van der Waals surface area contributed by atoms with Gasteiger partial charge in [0.2, 0.25) is 12.3 Å². The Hall–Kier alpha value is -3.84. The first-order chi connectivity index (χ1) is 19.6. The number of sulfonamides is 1. The highest BCUT2D eigenvalue weighted by Gasteiger charge is 2.33. The van der Waals surface area contributed by atoms with Crippen LogP contribution in [0, 0.1) is 0 Å². The monoisotopic (exact) mass is 578 g/mol. The van der Waals surface area contributed by atoms with Crippen LogP contribution in [-0.2, 0) is 26.6 Å². The Labute approximate surface area is 239 Å². The molecule has 0 aliphatic carbocycles. The molecule has 1 fully saturated rings. The Balaban J connectivity index is 1.37. The van der Waals surface area contributed by atoms with E-state index in [-0.39, 0.29) is 23.4 Å². The van der Waals surface area contributed by atoms with Gasteiger partial charge in [-0.3, -0.25) is 10.1 Å². The lowest BCUT2D eigenvalue weighted by atomic mass is 9.99. The maximum absolute atomic E-state index is 12.8. The Bertz CT molecular complexity index is 1690. The molecule has 1 aromatic heterocycles. The summed E-state index contributed by atoms with van der Waals surface area (Å²) in [5.41, 5.74) is 4.36. The Morgan fingerprint density at radius 2 is 2.02 bits per heavy atom. The van der Waals surface area contributed by atoms with Crippen molar-refractivity contribution in [3.05, 3.63) is 70.7 Å². The Kier molecular flexibility index (Phi) is 8.09. The first-order valence-corrected chi connectivity index (χ1v) is 14.8. The van der Waals surface area contributed by atoms with E-state index in [9.17, 15) is 18.3 Å². The van der Waals surface area contributed by atoms with Crippen LogP contribution in [0.15, 0.2) is 63.7 Å². The number of carbonyl (C=O) groups is 1. The number of rotatable bonds is 8. The summed E-state index contributed by atoms with van der Waals surface area (Å²) in [6.45, 7) is 4.10. The molecule has 2 atom stereocenters. The number of carbonyl (C=O) groups excluding carboxylic acids is 1. The van der Waals surface area contributed by atoms with Gasteiger partial charge >= 0.3 is 0 Å². The van der Waals surface area contributed by atoms with Crippen LogP contribution in [0.2, 0.25) is 0 Å². The molecule has 3 heterocycles. The molecule has 0 bridgehead atoms. The van der Waals surface area contributed by atoms with Crippen LogP contribution in [0.4, 0.5) is 0 Å². The largest absolute Gasteiger partial charge is 0.356 e. The number of nitrogens with zero attached hydrogens (tertiary/aromatic N) is 4. The summed E-state index contributed by atoms with van der Waals surface area (Å²) >= 11 is 0. The molecule has 0 radical (unpaired) electrons. The van der Waals surface area contributed by atoms with Crippen LogP contribution < -0.4 is 10.6 Å². The Morgan fingerprint density at radius 3 is 2.80 bits per heavy atom. The second kappa shape index (κ2) is 11.6. The van der Waals surface area contributed by atoms with Gasteiger partial charge in [0.15, 0.2) is 0 Å². The van der Waals surface area contributed by atoms with Gasteiger partial charge in [0, 0.05) is 26.3 Å². The average Bonchev–Trinajstić information content (AvgIpc) is 3.60. The summed E-state index contributed by atoms with van der Waals surface area (Å²) in [6, 6.07) is 12.2. The number of benzene rings is 2. The number of methoxy groups -OCH3 is 1. The van der Waals surface area contributed by atoms with Crippen molar-refractivity contribution >= 4 is 38.6 Å². The van der Waals surface area contributed by atoms with Crippen LogP contribution >= 0.6 is 0 Å². The molecule has 11 nitrogen and oxygen atoms in total. The molecule has 3 aromatic rings. The van der Waals surface area contributed by atoms with E-state index in [2.05, 4.69) is 45.4 Å². The van der Waals surface area contributed by atoms with Crippen LogP contribution in [0.25, 0.3) is 27.6 Å². The van der Waals surface area contributed by atoms with Gasteiger partial charge in [-0.2, -0.15) is 8.42 Å². The van der Waals surface area contributed by atoms with Crippen molar-refractivity contribution < 1.29 is 23.1 Å². The lowest BCUT2D eigenvalue weighted by Crippen LogP contribution is -2.42. The third-order valence-corrected chi connectivity index (χ3v) is 9.05. The molecule has 1 unspecified atom stereocenters. The van der Waals surface area contributed by atoms with Crippen molar-refractivity contribution in [3.63, 3.8) is 0 Å². The maximum Gasteiger partial charge on any atom is 0.281 e. The van der Waals surface area contributed by atoms with E-state index in [0.29, 0.717) is 12.2 Å². The predicted octanol–water partition coefficient (Wildman–Crippen LogP) is 3.01. The van der Waals surface area contributed by atoms with E-state index in [4.69, 9.17) is 9.72 Å². The number of nitrogens with one attached hydrogen (secondary N) is 2. The minimum Gasteiger partial charge on any atom is -0.356 e. The summed E-state index contributed by atoms with van der Waals surface area (Å²) in [6.07, 6.45) is 5.37. The highest BCUT2D eigenvalue weighted by molar-refractivity contribution is 7.94. The lowest BCUT2D eigenvalue weighted by Gasteiger charge is -2.25. The molecule has 3 N–H and O–H groups in total. The van der Waals surface area contributed by atoms with Crippen LogP contribution in [-0.4, -0.2) is 66.8 Å². The zero-order valence-corrected chi connectivity index (χ0v) is 24.3. The van der Waals surface area contributed by atoms with E-state index in [1.807, 2.05) is 41.8 Å². The first kappa shape index (κ1) is 28.7. The molecule has 5 rings (SSSR count). The molecule has 216 valence electrons. The smallest absolute Gasteiger partial charge is 0.281 e. The van der Waals surface area contributed by atoms with Crippen molar-refractivity contribution in [2.45, 2.75) is 39.1 Å². The average molecular weight is 579 g/mol. The second-order valence-electron chi connectivity index (χ2n) is 10.2. The molecule has 0 saturated carbocycles. The minimum absolute atomic E-state index is 0.0226. The van der Waals surface area contributed by atoms with Crippen LogP contribution in [0.5, 0.6) is 0 Å². The number of hydrogen-bond donors (Lipinski definition) is 3. The van der Waals surface area contributed by atoms with Crippen molar-refractivity contribution in [1.82, 2.24) is 25.1 Å². The van der Waals surface area contributed by atoms with Gasteiger partial charge < -0.3 is 24.6 Å². The van der Waals surface area contributed by atoms with E-state index in [1.54, 1.807) is 0 Å². The molecule has 41 heavy (non-hydrogen) atoms. The SMILES string of the molecule is COC(O)NCC(=O)N1CCC[C@H]1c1ncc(-c2ccc3cc(/C(C)=C/C4=C(C)S(=O)(=O)N=CN4)ccc3c2)n1C. The number of imidazole rings is 1. The number of aliphatic hydroxyl groups is 1. The molecule has 2 aromatic carbocycles. The van der Waals surface area contributed by atoms with Gasteiger partial charge in [-0.1, -0.05) is 24.3 Å². The van der Waals surface area contributed by atoms with Gasteiger partial charge in [-0.05, 0) is 66.8 Å². The number of aromatic nitrogens is 2. The van der Waals surface area contributed by atoms with Crippen molar-refractivity contribution in [3.8, 4) is 11.3 Å². The fourth-order valence-corrected chi connectivity index (χ4v) is 6.02. The summed E-state index contributed by atoms with van der Waals surface area (Å²) in [7, 11) is -0.299. The van der Waals surface area contributed by atoms with E-state index in [0.717, 1.165) is 51.8 Å². The van der Waals surface area contributed by atoms with Gasteiger partial charge in [0.25, 0.3) is 10.0 Å². The molecular formula is C29H34N6O5S. The number of likely N-dealkylation sites (tertiary alicyclic amines) is 1. The van der Waals surface area contributed by atoms with Crippen LogP contribution in [0.3, 0.4) is 0 Å². The van der Waals surface area contributed by atoms with Crippen molar-refractivity contribution in [2.24, 2.45) is 11.4 Å². The number of allylic oxidation sites excluding steroid dienone is 3. The number of amides is 1. The fourth-order valence-electron chi connectivity index (χ4n) is 5.27. The highest BCUT2D eigenvalue weighted by Crippen LogP contribution is 2.34. The topological polar surface area (TPSA) is 138 Å². The normalized spacial score (nSPS) is 19.6. The van der Waals surface area contributed by atoms with Gasteiger partial charge in [-0.15, -0.1) is 4.40 Å². The number of aliphatic hydroxyl groups excluding tert-OH is 1. The standard InChI is InChI=1S/C29H34N6O5S/c1-18(12-24-19(2)41(38,39)33-17-32-24)20-7-8-22-14-23(10-9-21(22)13-20)26-15-30-28(34(26)3)25-6-5-11-35(25)27(36)16-31-29(37)40-4/h7-10,12-15,17,25,29,31,37H,5-6,11,16H2,1-4H3,(H,32,33)/b18-12+/t25-,29?/m0/s1. The third-order valence-electron chi connectivity index (χ3n) is 7.68. The number of hydrogen-bond acceptors (Lipinski definition) is 8. The zero-order chi connectivity index (χ0) is 29.3. The van der Waals surface area contributed by atoms with E-state index in [1.165, 1.54) is 20.4 Å². The molecule has 1 amide bonds. The third kappa shape index (κ3) is 5.82. The minimum atomic E-state index is -3.63. The quantitative estimate of drug-likeness (QED) is 0.347. The lowest BCUT2D eigenvalue weighted by molar-refractivity contribution is -0.136. The molecule has 2 aliphatic heterocycles. The van der Waals surface area contributed by atoms with E-state index >= 15 is 0 Å². The number of fused-ring (bicyclic) bond motifs is 1. The maximum atomic E-state index is 12.8. The van der Waals surface area contributed by atoms with Gasteiger partial charge in [0.05, 0.1) is 35.1 Å².